The van der Waals surface area contributed by atoms with Gasteiger partial charge < -0.3 is 11.1 Å². The molecule has 13 heavy (non-hydrogen) atoms. The van der Waals surface area contributed by atoms with Crippen LogP contribution in [0.5, 0.6) is 0 Å². The highest BCUT2D eigenvalue weighted by atomic mass is 14.9. The van der Waals surface area contributed by atoms with Crippen molar-refractivity contribution in [2.24, 2.45) is 23.0 Å². The monoisotopic (exact) mass is 180 g/mol. The van der Waals surface area contributed by atoms with Gasteiger partial charge in [0.1, 0.15) is 0 Å². The molecule has 2 saturated carbocycles. The van der Waals surface area contributed by atoms with Gasteiger partial charge in [0.15, 0.2) is 0 Å². The van der Waals surface area contributed by atoms with E-state index in [1.807, 2.05) is 0 Å². The minimum atomic E-state index is 0.513. The van der Waals surface area contributed by atoms with E-state index in [4.69, 9.17) is 5.73 Å². The third kappa shape index (κ3) is 0.962. The molecule has 2 heteroatoms. The van der Waals surface area contributed by atoms with E-state index in [-0.39, 0.29) is 0 Å². The van der Waals surface area contributed by atoms with E-state index in [2.05, 4.69) is 5.32 Å². The van der Waals surface area contributed by atoms with E-state index in [0.717, 1.165) is 11.8 Å². The largest absolute Gasteiger partial charge is 0.327 e. The van der Waals surface area contributed by atoms with Crippen molar-refractivity contribution in [3.63, 3.8) is 0 Å². The van der Waals surface area contributed by atoms with Crippen molar-refractivity contribution in [2.75, 3.05) is 13.1 Å². The number of nitrogens with one attached hydrogen (secondary N) is 1. The van der Waals surface area contributed by atoms with Crippen molar-refractivity contribution in [1.82, 2.24) is 5.32 Å². The molecule has 3 aliphatic rings. The molecule has 4 atom stereocenters. The molecule has 1 heterocycles. The standard InChI is InChI=1S/C11H20N2/c12-10-8-2-3-9(6-8)11(10)4-1-5-13-7-11/h8-10,13H,1-7,12H2/t8?,9-,10+,11?/m0/s1. The van der Waals surface area contributed by atoms with Gasteiger partial charge in [0, 0.05) is 18.0 Å². The summed E-state index contributed by atoms with van der Waals surface area (Å²) in [6, 6.07) is 0.513. The van der Waals surface area contributed by atoms with Crippen LogP contribution in [0.15, 0.2) is 0 Å². The Morgan fingerprint density at radius 3 is 2.85 bits per heavy atom. The summed E-state index contributed by atoms with van der Waals surface area (Å²) in [7, 11) is 0. The van der Waals surface area contributed by atoms with Crippen LogP contribution in [0.2, 0.25) is 0 Å². The van der Waals surface area contributed by atoms with Gasteiger partial charge in [0.25, 0.3) is 0 Å². The summed E-state index contributed by atoms with van der Waals surface area (Å²) in [4.78, 5) is 0. The lowest BCUT2D eigenvalue weighted by Gasteiger charge is -2.45. The highest BCUT2D eigenvalue weighted by molar-refractivity contribution is 5.10. The van der Waals surface area contributed by atoms with Crippen molar-refractivity contribution in [2.45, 2.75) is 38.1 Å². The molecule has 74 valence electrons. The molecule has 2 nitrogen and oxygen atoms in total. The van der Waals surface area contributed by atoms with Crippen LogP contribution in [-0.2, 0) is 0 Å². The predicted molar refractivity (Wildman–Crippen MR) is 53.3 cm³/mol. The number of hydrogen-bond donors (Lipinski definition) is 2. The Bertz CT molecular complexity index is 204. The van der Waals surface area contributed by atoms with Gasteiger partial charge in [0.05, 0.1) is 0 Å². The van der Waals surface area contributed by atoms with Crippen molar-refractivity contribution in [3.8, 4) is 0 Å². The molecule has 3 fully saturated rings. The molecule has 1 spiro atoms. The first-order valence-corrected chi connectivity index (χ1v) is 5.79. The second-order valence-corrected chi connectivity index (χ2v) is 5.31. The molecular weight excluding hydrogens is 160 g/mol. The molecule has 1 saturated heterocycles. The Kier molecular flexibility index (Phi) is 1.72. The van der Waals surface area contributed by atoms with Gasteiger partial charge in [-0.2, -0.15) is 0 Å². The molecule has 0 aromatic heterocycles. The van der Waals surface area contributed by atoms with Crippen LogP contribution in [-0.4, -0.2) is 19.1 Å². The second-order valence-electron chi connectivity index (χ2n) is 5.31. The van der Waals surface area contributed by atoms with E-state index in [1.165, 1.54) is 45.2 Å². The van der Waals surface area contributed by atoms with Crippen molar-refractivity contribution >= 4 is 0 Å². The number of fused-ring (bicyclic) bond motifs is 3. The third-order valence-electron chi connectivity index (χ3n) is 4.91. The SMILES string of the molecule is N[C@@H]1C2CC[C@@H](C2)C12CCCNC2. The van der Waals surface area contributed by atoms with E-state index < -0.39 is 0 Å². The summed E-state index contributed by atoms with van der Waals surface area (Å²) in [6.07, 6.45) is 7.04. The zero-order valence-corrected chi connectivity index (χ0v) is 8.26. The lowest BCUT2D eigenvalue weighted by molar-refractivity contribution is 0.0931. The highest BCUT2D eigenvalue weighted by Gasteiger charge is 2.56. The first-order chi connectivity index (χ1) is 6.33. The molecule has 2 bridgehead atoms. The lowest BCUT2D eigenvalue weighted by atomic mass is 9.66. The predicted octanol–water partition coefficient (Wildman–Crippen LogP) is 1.11. The Hall–Kier alpha value is -0.0800. The Morgan fingerprint density at radius 2 is 2.23 bits per heavy atom. The molecule has 2 unspecified atom stereocenters. The smallest absolute Gasteiger partial charge is 0.0139 e. The normalized spacial score (nSPS) is 54.7. The summed E-state index contributed by atoms with van der Waals surface area (Å²) in [6.45, 7) is 2.42. The third-order valence-corrected chi connectivity index (χ3v) is 4.91. The van der Waals surface area contributed by atoms with Crippen LogP contribution in [0.1, 0.15) is 32.1 Å². The molecule has 2 aliphatic carbocycles. The maximum Gasteiger partial charge on any atom is 0.0139 e. The number of hydrogen-bond acceptors (Lipinski definition) is 2. The first kappa shape index (κ1) is 8.25. The second kappa shape index (κ2) is 2.71. The van der Waals surface area contributed by atoms with Crippen LogP contribution in [0, 0.1) is 17.3 Å². The number of nitrogens with two attached hydrogens (primary N) is 1. The van der Waals surface area contributed by atoms with E-state index in [1.54, 1.807) is 0 Å². The lowest BCUT2D eigenvalue weighted by Crippen LogP contribution is -2.54. The van der Waals surface area contributed by atoms with Gasteiger partial charge in [0.2, 0.25) is 0 Å². The van der Waals surface area contributed by atoms with Gasteiger partial charge in [-0.15, -0.1) is 0 Å². The summed E-state index contributed by atoms with van der Waals surface area (Å²) in [5, 5.41) is 3.55. The molecular formula is C11H20N2. The van der Waals surface area contributed by atoms with E-state index >= 15 is 0 Å². The Labute approximate surface area is 80.3 Å². The maximum atomic E-state index is 6.39. The van der Waals surface area contributed by atoms with Crippen LogP contribution < -0.4 is 11.1 Å². The van der Waals surface area contributed by atoms with E-state index in [9.17, 15) is 0 Å². The molecule has 3 N–H and O–H groups in total. The fraction of sp³-hybridized carbons (Fsp3) is 1.00. The molecule has 1 aliphatic heterocycles. The minimum absolute atomic E-state index is 0.513. The summed E-state index contributed by atoms with van der Waals surface area (Å²) < 4.78 is 0. The molecule has 0 aromatic carbocycles. The average Bonchev–Trinajstić information content (AvgIpc) is 2.73. The van der Waals surface area contributed by atoms with Crippen molar-refractivity contribution < 1.29 is 0 Å². The number of piperidine rings is 1. The van der Waals surface area contributed by atoms with Gasteiger partial charge >= 0.3 is 0 Å². The van der Waals surface area contributed by atoms with Crippen LogP contribution >= 0.6 is 0 Å². The van der Waals surface area contributed by atoms with Crippen LogP contribution in [0.25, 0.3) is 0 Å². The highest BCUT2D eigenvalue weighted by Crippen LogP contribution is 2.57. The summed E-state index contributed by atoms with van der Waals surface area (Å²) in [5.41, 5.74) is 6.90. The fourth-order valence-electron chi connectivity index (χ4n) is 4.19. The average molecular weight is 180 g/mol. The molecule has 0 amide bonds. The van der Waals surface area contributed by atoms with Crippen molar-refractivity contribution in [3.05, 3.63) is 0 Å². The quantitative estimate of drug-likeness (QED) is 0.586. The first-order valence-electron chi connectivity index (χ1n) is 5.79. The van der Waals surface area contributed by atoms with Gasteiger partial charge in [-0.25, -0.2) is 0 Å². The zero-order chi connectivity index (χ0) is 8.89. The fourth-order valence-corrected chi connectivity index (χ4v) is 4.19. The Morgan fingerprint density at radius 1 is 1.31 bits per heavy atom. The molecule has 0 radical (unpaired) electrons. The van der Waals surface area contributed by atoms with Gasteiger partial charge in [-0.05, 0) is 50.5 Å². The Balaban J connectivity index is 1.88. The van der Waals surface area contributed by atoms with Gasteiger partial charge in [-0.1, -0.05) is 0 Å². The van der Waals surface area contributed by atoms with E-state index in [0.29, 0.717) is 11.5 Å². The minimum Gasteiger partial charge on any atom is -0.327 e. The topological polar surface area (TPSA) is 38.0 Å². The van der Waals surface area contributed by atoms with Crippen LogP contribution in [0.3, 0.4) is 0 Å². The maximum absolute atomic E-state index is 6.39. The van der Waals surface area contributed by atoms with Crippen molar-refractivity contribution in [1.29, 1.82) is 0 Å². The van der Waals surface area contributed by atoms with Gasteiger partial charge in [-0.3, -0.25) is 0 Å². The zero-order valence-electron chi connectivity index (χ0n) is 8.26. The summed E-state index contributed by atoms with van der Waals surface area (Å²) >= 11 is 0. The number of rotatable bonds is 0. The molecule has 3 rings (SSSR count). The van der Waals surface area contributed by atoms with Crippen LogP contribution in [0.4, 0.5) is 0 Å². The summed E-state index contributed by atoms with van der Waals surface area (Å²) in [5.74, 6) is 1.82. The molecule has 0 aromatic rings.